The number of piperazine rings is 1. The molecule has 4 nitrogen and oxygen atoms in total. The van der Waals surface area contributed by atoms with Gasteiger partial charge in [0.25, 0.3) is 5.91 Å². The van der Waals surface area contributed by atoms with Crippen LogP contribution in [-0.4, -0.2) is 46.9 Å². The van der Waals surface area contributed by atoms with Crippen molar-refractivity contribution < 1.29 is 4.79 Å². The highest BCUT2D eigenvalue weighted by atomic mass is 35.5. The van der Waals surface area contributed by atoms with Gasteiger partial charge in [-0.05, 0) is 43.3 Å². The summed E-state index contributed by atoms with van der Waals surface area (Å²) in [5.74, 6) is 0.0777. The van der Waals surface area contributed by atoms with Crippen LogP contribution in [0.5, 0.6) is 0 Å². The number of nitrogens with zero attached hydrogens (tertiary/aromatic N) is 3. The maximum Gasteiger partial charge on any atom is 0.253 e. The topological polar surface area (TPSA) is 36.4 Å². The van der Waals surface area contributed by atoms with Crippen LogP contribution < -0.4 is 0 Å². The molecule has 2 heterocycles. The molecule has 1 aliphatic rings. The third-order valence-corrected chi connectivity index (χ3v) is 6.37. The molecule has 0 saturated carbocycles. The standard InChI is InChI=1S/C20H20ClN3OS/c1-14(19-22-17-4-2-3-5-18(17)26-19)23-10-12-24(13-11-23)20(25)15-6-8-16(21)9-7-15/h2-9,14H,10-13H2,1H3. The van der Waals surface area contributed by atoms with Crippen LogP contribution in [0.2, 0.25) is 5.02 Å². The molecule has 1 aliphatic heterocycles. The second kappa shape index (κ2) is 7.35. The highest BCUT2D eigenvalue weighted by Gasteiger charge is 2.26. The predicted molar refractivity (Wildman–Crippen MR) is 107 cm³/mol. The maximum absolute atomic E-state index is 12.6. The Labute approximate surface area is 162 Å². The Balaban J connectivity index is 1.41. The smallest absolute Gasteiger partial charge is 0.253 e. The summed E-state index contributed by atoms with van der Waals surface area (Å²) < 4.78 is 1.23. The Bertz CT molecular complexity index is 883. The number of hydrogen-bond donors (Lipinski definition) is 0. The van der Waals surface area contributed by atoms with Gasteiger partial charge in [0.2, 0.25) is 0 Å². The summed E-state index contributed by atoms with van der Waals surface area (Å²) in [4.78, 5) is 21.7. The lowest BCUT2D eigenvalue weighted by atomic mass is 10.1. The van der Waals surface area contributed by atoms with Gasteiger partial charge in [-0.25, -0.2) is 4.98 Å². The van der Waals surface area contributed by atoms with E-state index in [1.165, 1.54) is 4.70 Å². The highest BCUT2D eigenvalue weighted by Crippen LogP contribution is 2.30. The maximum atomic E-state index is 12.6. The Morgan fingerprint density at radius 2 is 1.77 bits per heavy atom. The lowest BCUT2D eigenvalue weighted by Gasteiger charge is -2.37. The Kier molecular flexibility index (Phi) is 4.94. The Morgan fingerprint density at radius 1 is 1.08 bits per heavy atom. The van der Waals surface area contributed by atoms with E-state index in [0.717, 1.165) is 36.7 Å². The molecule has 0 N–H and O–H groups in total. The van der Waals surface area contributed by atoms with E-state index in [2.05, 4.69) is 30.0 Å². The molecule has 1 amide bonds. The van der Waals surface area contributed by atoms with Crippen LogP contribution in [0.25, 0.3) is 10.2 Å². The van der Waals surface area contributed by atoms with E-state index in [4.69, 9.17) is 16.6 Å². The molecule has 4 rings (SSSR count). The molecule has 0 radical (unpaired) electrons. The number of hydrogen-bond acceptors (Lipinski definition) is 4. The Morgan fingerprint density at radius 3 is 2.46 bits per heavy atom. The van der Waals surface area contributed by atoms with Crippen molar-refractivity contribution in [2.24, 2.45) is 0 Å². The fourth-order valence-corrected chi connectivity index (χ4v) is 4.49. The number of benzene rings is 2. The molecule has 134 valence electrons. The number of rotatable bonds is 3. The van der Waals surface area contributed by atoms with Gasteiger partial charge in [-0.1, -0.05) is 23.7 Å². The minimum Gasteiger partial charge on any atom is -0.336 e. The average molecular weight is 386 g/mol. The van der Waals surface area contributed by atoms with Crippen molar-refractivity contribution in [1.82, 2.24) is 14.8 Å². The first kappa shape index (κ1) is 17.5. The molecule has 1 aromatic heterocycles. The van der Waals surface area contributed by atoms with E-state index in [9.17, 15) is 4.79 Å². The van der Waals surface area contributed by atoms with Gasteiger partial charge < -0.3 is 4.90 Å². The molecule has 1 unspecified atom stereocenters. The van der Waals surface area contributed by atoms with Crippen molar-refractivity contribution in [2.45, 2.75) is 13.0 Å². The van der Waals surface area contributed by atoms with Gasteiger partial charge in [-0.3, -0.25) is 9.69 Å². The van der Waals surface area contributed by atoms with Crippen LogP contribution in [0.15, 0.2) is 48.5 Å². The monoisotopic (exact) mass is 385 g/mol. The first-order valence-electron chi connectivity index (χ1n) is 8.76. The quantitative estimate of drug-likeness (QED) is 0.667. The minimum atomic E-state index is 0.0777. The fraction of sp³-hybridized carbons (Fsp3) is 0.300. The third-order valence-electron chi connectivity index (χ3n) is 4.91. The molecular weight excluding hydrogens is 366 g/mol. The summed E-state index contributed by atoms with van der Waals surface area (Å²) >= 11 is 7.67. The number of amides is 1. The zero-order chi connectivity index (χ0) is 18.1. The van der Waals surface area contributed by atoms with Crippen LogP contribution in [0, 0.1) is 0 Å². The summed E-state index contributed by atoms with van der Waals surface area (Å²) in [5, 5.41) is 1.79. The van der Waals surface area contributed by atoms with Crippen molar-refractivity contribution in [2.75, 3.05) is 26.2 Å². The highest BCUT2D eigenvalue weighted by molar-refractivity contribution is 7.18. The van der Waals surface area contributed by atoms with Gasteiger partial charge in [0.05, 0.1) is 16.3 Å². The summed E-state index contributed by atoms with van der Waals surface area (Å²) in [7, 11) is 0. The van der Waals surface area contributed by atoms with Gasteiger partial charge in [0.1, 0.15) is 5.01 Å². The molecule has 1 atom stereocenters. The van der Waals surface area contributed by atoms with E-state index >= 15 is 0 Å². The number of fused-ring (bicyclic) bond motifs is 1. The number of aromatic nitrogens is 1. The number of thiazole rings is 1. The van der Waals surface area contributed by atoms with E-state index in [1.807, 2.05) is 11.0 Å². The molecular formula is C20H20ClN3OS. The van der Waals surface area contributed by atoms with Crippen LogP contribution in [0.3, 0.4) is 0 Å². The molecule has 0 bridgehead atoms. The van der Waals surface area contributed by atoms with Gasteiger partial charge in [-0.2, -0.15) is 0 Å². The lowest BCUT2D eigenvalue weighted by molar-refractivity contribution is 0.0582. The largest absolute Gasteiger partial charge is 0.336 e. The van der Waals surface area contributed by atoms with Crippen LogP contribution in [0.1, 0.15) is 28.3 Å². The van der Waals surface area contributed by atoms with Crippen LogP contribution >= 0.6 is 22.9 Å². The fourth-order valence-electron chi connectivity index (χ4n) is 3.31. The molecule has 6 heteroatoms. The molecule has 0 aliphatic carbocycles. The zero-order valence-electron chi connectivity index (χ0n) is 14.6. The van der Waals surface area contributed by atoms with Crippen molar-refractivity contribution in [3.63, 3.8) is 0 Å². The van der Waals surface area contributed by atoms with Gasteiger partial charge in [-0.15, -0.1) is 11.3 Å². The molecule has 0 spiro atoms. The van der Waals surface area contributed by atoms with Crippen LogP contribution in [-0.2, 0) is 0 Å². The zero-order valence-corrected chi connectivity index (χ0v) is 16.1. The molecule has 26 heavy (non-hydrogen) atoms. The number of para-hydroxylation sites is 1. The summed E-state index contributed by atoms with van der Waals surface area (Å²) in [5.41, 5.74) is 1.76. The van der Waals surface area contributed by atoms with E-state index in [0.29, 0.717) is 10.6 Å². The van der Waals surface area contributed by atoms with Crippen molar-refractivity contribution in [3.05, 3.63) is 64.1 Å². The normalized spacial score (nSPS) is 16.8. The van der Waals surface area contributed by atoms with Crippen molar-refractivity contribution >= 4 is 39.1 Å². The van der Waals surface area contributed by atoms with Crippen molar-refractivity contribution in [1.29, 1.82) is 0 Å². The molecule has 1 fully saturated rings. The summed E-state index contributed by atoms with van der Waals surface area (Å²) in [6.45, 7) is 5.38. The second-order valence-electron chi connectivity index (χ2n) is 6.53. The van der Waals surface area contributed by atoms with Crippen molar-refractivity contribution in [3.8, 4) is 0 Å². The van der Waals surface area contributed by atoms with E-state index in [-0.39, 0.29) is 11.9 Å². The summed E-state index contributed by atoms with van der Waals surface area (Å²) in [6, 6.07) is 15.6. The molecule has 3 aromatic rings. The number of halogens is 1. The third kappa shape index (κ3) is 3.47. The first-order chi connectivity index (χ1) is 12.6. The van der Waals surface area contributed by atoms with Crippen LogP contribution in [0.4, 0.5) is 0 Å². The summed E-state index contributed by atoms with van der Waals surface area (Å²) in [6.07, 6.45) is 0. The predicted octanol–water partition coefficient (Wildman–Crippen LogP) is 4.47. The number of carbonyl (C=O) groups is 1. The van der Waals surface area contributed by atoms with Gasteiger partial charge in [0.15, 0.2) is 0 Å². The molecule has 2 aromatic carbocycles. The Hall–Kier alpha value is -1.95. The average Bonchev–Trinajstić information content (AvgIpc) is 3.12. The molecule has 1 saturated heterocycles. The van der Waals surface area contributed by atoms with Gasteiger partial charge in [0, 0.05) is 36.8 Å². The lowest BCUT2D eigenvalue weighted by Crippen LogP contribution is -2.49. The van der Waals surface area contributed by atoms with E-state index in [1.54, 1.807) is 35.6 Å². The van der Waals surface area contributed by atoms with E-state index < -0.39 is 0 Å². The second-order valence-corrected chi connectivity index (χ2v) is 8.03. The number of carbonyl (C=O) groups excluding carboxylic acids is 1. The van der Waals surface area contributed by atoms with Gasteiger partial charge >= 0.3 is 0 Å². The SMILES string of the molecule is CC(c1nc2ccccc2s1)N1CCN(C(=O)c2ccc(Cl)cc2)CC1. The minimum absolute atomic E-state index is 0.0777. The first-order valence-corrected chi connectivity index (χ1v) is 9.95.